The lowest BCUT2D eigenvalue weighted by Crippen LogP contribution is -2.31. The van der Waals surface area contributed by atoms with E-state index in [9.17, 15) is 9.59 Å². The molecular formula is C11H15N3O3. The number of hydrogen-bond donors (Lipinski definition) is 1. The molecule has 1 amide bonds. The van der Waals surface area contributed by atoms with Crippen molar-refractivity contribution >= 4 is 11.9 Å². The molecule has 0 bridgehead atoms. The van der Waals surface area contributed by atoms with E-state index in [-0.39, 0.29) is 18.4 Å². The van der Waals surface area contributed by atoms with Crippen LogP contribution < -0.4 is 0 Å². The summed E-state index contributed by atoms with van der Waals surface area (Å²) in [5, 5.41) is 9.01. The van der Waals surface area contributed by atoms with Crippen LogP contribution in [-0.4, -0.2) is 44.5 Å². The highest BCUT2D eigenvalue weighted by Gasteiger charge is 2.37. The number of carboxylic acids is 1. The molecule has 92 valence electrons. The monoisotopic (exact) mass is 237 g/mol. The van der Waals surface area contributed by atoms with E-state index in [1.807, 2.05) is 6.92 Å². The highest BCUT2D eigenvalue weighted by molar-refractivity contribution is 5.93. The van der Waals surface area contributed by atoms with Crippen molar-refractivity contribution in [1.29, 1.82) is 0 Å². The van der Waals surface area contributed by atoms with Gasteiger partial charge in [0.25, 0.3) is 5.91 Å². The number of aliphatic carboxylic acids is 1. The molecule has 1 N–H and O–H groups in total. The van der Waals surface area contributed by atoms with Crippen LogP contribution in [-0.2, 0) is 11.8 Å². The maximum Gasteiger partial charge on any atom is 0.308 e. The van der Waals surface area contributed by atoms with Gasteiger partial charge in [0.05, 0.1) is 18.4 Å². The Morgan fingerprint density at radius 3 is 2.65 bits per heavy atom. The van der Waals surface area contributed by atoms with E-state index in [1.165, 1.54) is 6.20 Å². The van der Waals surface area contributed by atoms with Crippen molar-refractivity contribution in [2.24, 2.45) is 18.9 Å². The van der Waals surface area contributed by atoms with Gasteiger partial charge in [-0.15, -0.1) is 0 Å². The number of carbonyl (C=O) groups excluding carboxylic acids is 1. The number of amides is 1. The Bertz CT molecular complexity index is 455. The summed E-state index contributed by atoms with van der Waals surface area (Å²) in [5.74, 6) is -1.46. The van der Waals surface area contributed by atoms with Crippen LogP contribution in [0.2, 0.25) is 0 Å². The molecule has 0 aliphatic carbocycles. The van der Waals surface area contributed by atoms with Crippen molar-refractivity contribution in [3.05, 3.63) is 18.2 Å². The van der Waals surface area contributed by atoms with Crippen molar-refractivity contribution in [2.45, 2.75) is 6.92 Å². The van der Waals surface area contributed by atoms with Crippen LogP contribution in [0.5, 0.6) is 0 Å². The zero-order chi connectivity index (χ0) is 12.6. The number of rotatable bonds is 2. The van der Waals surface area contributed by atoms with Crippen LogP contribution in [0.1, 0.15) is 17.4 Å². The van der Waals surface area contributed by atoms with E-state index < -0.39 is 11.9 Å². The second-order valence-corrected chi connectivity index (χ2v) is 4.52. The molecule has 0 radical (unpaired) electrons. The van der Waals surface area contributed by atoms with Gasteiger partial charge in [0.15, 0.2) is 0 Å². The first-order valence-corrected chi connectivity index (χ1v) is 5.49. The fourth-order valence-corrected chi connectivity index (χ4v) is 2.18. The van der Waals surface area contributed by atoms with Crippen molar-refractivity contribution < 1.29 is 14.7 Å². The highest BCUT2D eigenvalue weighted by Crippen LogP contribution is 2.24. The molecule has 0 aromatic carbocycles. The van der Waals surface area contributed by atoms with Gasteiger partial charge in [0.2, 0.25) is 0 Å². The minimum absolute atomic E-state index is 0.00956. The van der Waals surface area contributed by atoms with E-state index in [2.05, 4.69) is 4.98 Å². The summed E-state index contributed by atoms with van der Waals surface area (Å²) < 4.78 is 1.64. The van der Waals surface area contributed by atoms with Gasteiger partial charge < -0.3 is 14.6 Å². The number of likely N-dealkylation sites (tertiary alicyclic amines) is 1. The van der Waals surface area contributed by atoms with E-state index in [0.29, 0.717) is 12.2 Å². The molecule has 2 rings (SSSR count). The zero-order valence-corrected chi connectivity index (χ0v) is 9.83. The van der Waals surface area contributed by atoms with Gasteiger partial charge in [0, 0.05) is 20.1 Å². The Morgan fingerprint density at radius 1 is 1.47 bits per heavy atom. The van der Waals surface area contributed by atoms with Gasteiger partial charge >= 0.3 is 5.97 Å². The lowest BCUT2D eigenvalue weighted by atomic mass is 9.99. The van der Waals surface area contributed by atoms with E-state index in [4.69, 9.17) is 5.11 Å². The first-order valence-electron chi connectivity index (χ1n) is 5.49. The quantitative estimate of drug-likeness (QED) is 0.798. The lowest BCUT2D eigenvalue weighted by Gasteiger charge is -2.15. The number of nitrogens with zero attached hydrogens (tertiary/aromatic N) is 3. The molecule has 6 heteroatoms. The largest absolute Gasteiger partial charge is 0.481 e. The molecule has 1 aliphatic heterocycles. The average Bonchev–Trinajstić information content (AvgIpc) is 2.83. The summed E-state index contributed by atoms with van der Waals surface area (Å²) in [4.78, 5) is 28.6. The number of aromatic nitrogens is 2. The van der Waals surface area contributed by atoms with Gasteiger partial charge in [-0.2, -0.15) is 0 Å². The molecule has 1 fully saturated rings. The smallest absolute Gasteiger partial charge is 0.308 e. The Morgan fingerprint density at radius 2 is 2.18 bits per heavy atom. The van der Waals surface area contributed by atoms with Gasteiger partial charge in [0.1, 0.15) is 5.69 Å². The normalized spacial score (nSPS) is 24.0. The molecule has 1 aliphatic rings. The first kappa shape index (κ1) is 11.6. The summed E-state index contributed by atoms with van der Waals surface area (Å²) in [6.07, 6.45) is 3.06. The molecule has 2 atom stereocenters. The maximum absolute atomic E-state index is 12.1. The third-order valence-corrected chi connectivity index (χ3v) is 3.25. The highest BCUT2D eigenvalue weighted by atomic mass is 16.4. The van der Waals surface area contributed by atoms with Gasteiger partial charge in [-0.1, -0.05) is 6.92 Å². The van der Waals surface area contributed by atoms with Crippen LogP contribution in [0.25, 0.3) is 0 Å². The van der Waals surface area contributed by atoms with Crippen LogP contribution in [0.3, 0.4) is 0 Å². The molecule has 6 nitrogen and oxygen atoms in total. The molecule has 0 unspecified atom stereocenters. The topological polar surface area (TPSA) is 75.4 Å². The van der Waals surface area contributed by atoms with Crippen molar-refractivity contribution in [3.8, 4) is 0 Å². The van der Waals surface area contributed by atoms with E-state index in [0.717, 1.165) is 0 Å². The molecule has 17 heavy (non-hydrogen) atoms. The summed E-state index contributed by atoms with van der Waals surface area (Å²) in [6.45, 7) is 2.62. The van der Waals surface area contributed by atoms with Crippen LogP contribution in [0, 0.1) is 11.8 Å². The van der Waals surface area contributed by atoms with Gasteiger partial charge in [-0.05, 0) is 5.92 Å². The number of hydrogen-bond acceptors (Lipinski definition) is 3. The molecule has 0 spiro atoms. The van der Waals surface area contributed by atoms with E-state index >= 15 is 0 Å². The molecule has 2 heterocycles. The fourth-order valence-electron chi connectivity index (χ4n) is 2.18. The number of carboxylic acid groups (broad SMARTS) is 1. The second kappa shape index (κ2) is 4.20. The van der Waals surface area contributed by atoms with Crippen molar-refractivity contribution in [1.82, 2.24) is 14.5 Å². The predicted molar refractivity (Wildman–Crippen MR) is 59.4 cm³/mol. The SMILES string of the molecule is C[C@@H]1CN(C(=O)c2cncn2C)C[C@H]1C(=O)O. The Kier molecular flexibility index (Phi) is 2.87. The third kappa shape index (κ3) is 2.02. The van der Waals surface area contributed by atoms with Crippen LogP contribution >= 0.6 is 0 Å². The lowest BCUT2D eigenvalue weighted by molar-refractivity contribution is -0.142. The summed E-state index contributed by atoms with van der Waals surface area (Å²) in [5.41, 5.74) is 0.489. The Balaban J connectivity index is 2.13. The van der Waals surface area contributed by atoms with Gasteiger partial charge in [-0.3, -0.25) is 9.59 Å². The first-order chi connectivity index (χ1) is 8.00. The number of imidazole rings is 1. The molecule has 1 aromatic heterocycles. The van der Waals surface area contributed by atoms with E-state index in [1.54, 1.807) is 22.8 Å². The zero-order valence-electron chi connectivity index (χ0n) is 9.83. The second-order valence-electron chi connectivity index (χ2n) is 4.52. The summed E-state index contributed by atoms with van der Waals surface area (Å²) in [7, 11) is 1.74. The summed E-state index contributed by atoms with van der Waals surface area (Å²) in [6, 6.07) is 0. The molecular weight excluding hydrogens is 222 g/mol. The number of carbonyl (C=O) groups is 2. The Labute approximate surface area is 98.9 Å². The average molecular weight is 237 g/mol. The summed E-state index contributed by atoms with van der Waals surface area (Å²) >= 11 is 0. The van der Waals surface area contributed by atoms with Crippen molar-refractivity contribution in [3.63, 3.8) is 0 Å². The van der Waals surface area contributed by atoms with Crippen molar-refractivity contribution in [2.75, 3.05) is 13.1 Å². The predicted octanol–water partition coefficient (Wildman–Crippen LogP) is 0.213. The minimum atomic E-state index is -0.835. The molecule has 1 aromatic rings. The fraction of sp³-hybridized carbons (Fsp3) is 0.545. The molecule has 1 saturated heterocycles. The van der Waals surface area contributed by atoms with Gasteiger partial charge in [-0.25, -0.2) is 4.98 Å². The number of aryl methyl sites for hydroxylation is 1. The maximum atomic E-state index is 12.1. The molecule has 0 saturated carbocycles. The minimum Gasteiger partial charge on any atom is -0.481 e. The Hall–Kier alpha value is -1.85. The standard InChI is InChI=1S/C11H15N3O3/c1-7-4-14(5-8(7)11(16)17)10(15)9-3-12-6-13(9)2/h3,6-8H,4-5H2,1-2H3,(H,16,17)/t7-,8-/m1/s1. The third-order valence-electron chi connectivity index (χ3n) is 3.25. The van der Waals surface area contributed by atoms with Crippen LogP contribution in [0.15, 0.2) is 12.5 Å². The van der Waals surface area contributed by atoms with Crippen LogP contribution in [0.4, 0.5) is 0 Å².